The molecule has 29 heavy (non-hydrogen) atoms. The maximum atomic E-state index is 13.2. The molecule has 7 heteroatoms. The van der Waals surface area contributed by atoms with Crippen molar-refractivity contribution in [3.05, 3.63) is 59.3 Å². The van der Waals surface area contributed by atoms with Gasteiger partial charge in [0.25, 0.3) is 0 Å². The van der Waals surface area contributed by atoms with Gasteiger partial charge in [-0.15, -0.1) is 0 Å². The highest BCUT2D eigenvalue weighted by Gasteiger charge is 2.27. The number of hydrogen-bond donors (Lipinski definition) is 2. The van der Waals surface area contributed by atoms with Gasteiger partial charge in [0.05, 0.1) is 19.7 Å². The van der Waals surface area contributed by atoms with Gasteiger partial charge in [0.15, 0.2) is 11.5 Å². The van der Waals surface area contributed by atoms with Crippen LogP contribution in [-0.2, 0) is 6.54 Å². The maximum absolute atomic E-state index is 13.2. The van der Waals surface area contributed by atoms with Crippen LogP contribution in [-0.4, -0.2) is 37.6 Å². The van der Waals surface area contributed by atoms with E-state index in [1.54, 1.807) is 12.1 Å². The molecule has 0 saturated heterocycles. The van der Waals surface area contributed by atoms with Crippen LogP contribution < -0.4 is 14.4 Å². The van der Waals surface area contributed by atoms with E-state index in [1.807, 2.05) is 45.2 Å². The molecule has 0 spiro atoms. The number of aromatic amines is 1. The van der Waals surface area contributed by atoms with Gasteiger partial charge in [0.2, 0.25) is 5.78 Å². The molecule has 1 aromatic heterocycles. The molecule has 154 valence electrons. The summed E-state index contributed by atoms with van der Waals surface area (Å²) in [5, 5.41) is 0.921. The number of para-hydroxylation sites is 1. The van der Waals surface area contributed by atoms with Gasteiger partial charge in [0, 0.05) is 22.2 Å². The summed E-state index contributed by atoms with van der Waals surface area (Å²) >= 11 is 0. The van der Waals surface area contributed by atoms with Crippen molar-refractivity contribution in [3.63, 3.8) is 0 Å². The Hall–Kier alpha value is -2.93. The fraction of sp³-hybridized carbons (Fsp3) is 0.318. The zero-order chi connectivity index (χ0) is 21.1. The van der Waals surface area contributed by atoms with Gasteiger partial charge in [-0.3, -0.25) is 4.79 Å². The Morgan fingerprint density at radius 2 is 1.90 bits per heavy atom. The average molecular weight is 403 g/mol. The predicted octanol–water partition coefficient (Wildman–Crippen LogP) is 3.37. The largest absolute Gasteiger partial charge is 0.493 e. The first-order valence-corrected chi connectivity index (χ1v) is 9.37. The lowest BCUT2D eigenvalue weighted by molar-refractivity contribution is -0.907. The number of carbonyl (C=O) groups excluding carboxylic acids is 1. The number of likely N-dealkylation sites (N-methyl/N-ethyl adjacent to an activating group) is 1. The molecular weight excluding hydrogens is 378 g/mol. The summed E-state index contributed by atoms with van der Waals surface area (Å²) in [5.74, 6) is 0.284. The van der Waals surface area contributed by atoms with Crippen LogP contribution >= 0.6 is 0 Å². The number of rotatable bonds is 8. The van der Waals surface area contributed by atoms with Gasteiger partial charge in [0.1, 0.15) is 12.6 Å². The summed E-state index contributed by atoms with van der Waals surface area (Å²) in [6, 6.07) is 12.3. The molecule has 1 unspecified atom stereocenters. The van der Waals surface area contributed by atoms with Crippen LogP contribution in [0, 0.1) is 6.92 Å². The molecule has 0 aliphatic heterocycles. The summed E-state index contributed by atoms with van der Waals surface area (Å²) in [4.78, 5) is 17.4. The monoisotopic (exact) mass is 403 g/mol. The van der Waals surface area contributed by atoms with Crippen molar-refractivity contribution in [2.75, 3.05) is 14.2 Å². The molecule has 0 saturated carbocycles. The molecular formula is C22H25F2N2O3+. The number of Topliss-reactive ketones (excluding diaryl/α,β-unsaturated/α-hetero) is 1. The highest BCUT2D eigenvalue weighted by molar-refractivity contribution is 6.10. The number of hydrogen-bond acceptors (Lipinski definition) is 3. The number of nitrogens with one attached hydrogen (secondary N) is 2. The van der Waals surface area contributed by atoms with E-state index in [0.717, 1.165) is 27.1 Å². The number of methoxy groups -OCH3 is 1. The second-order valence-electron chi connectivity index (χ2n) is 7.14. The van der Waals surface area contributed by atoms with Crippen molar-refractivity contribution in [2.45, 2.75) is 33.0 Å². The van der Waals surface area contributed by atoms with Crippen molar-refractivity contribution < 1.29 is 27.9 Å². The summed E-state index contributed by atoms with van der Waals surface area (Å²) in [6.45, 7) is 1.41. The number of carbonyl (C=O) groups is 1. The Bertz CT molecular complexity index is 1020. The van der Waals surface area contributed by atoms with E-state index in [4.69, 9.17) is 4.74 Å². The second kappa shape index (κ2) is 8.61. The maximum Gasteiger partial charge on any atom is 0.387 e. The summed E-state index contributed by atoms with van der Waals surface area (Å²) in [5.41, 5.74) is 3.37. The minimum atomic E-state index is -2.92. The normalized spacial score (nSPS) is 13.5. The Labute approximate surface area is 168 Å². The van der Waals surface area contributed by atoms with Crippen LogP contribution in [0.5, 0.6) is 11.5 Å². The smallest absolute Gasteiger partial charge is 0.387 e. The van der Waals surface area contributed by atoms with Crippen molar-refractivity contribution in [1.29, 1.82) is 0 Å². The average Bonchev–Trinajstić information content (AvgIpc) is 3.03. The van der Waals surface area contributed by atoms with E-state index < -0.39 is 6.61 Å². The number of aryl methyl sites for hydroxylation is 1. The zero-order valence-electron chi connectivity index (χ0n) is 16.9. The molecule has 2 aromatic carbocycles. The topological polar surface area (TPSA) is 55.8 Å². The number of ketones is 1. The molecule has 0 radical (unpaired) electrons. The number of H-pyrrole nitrogens is 1. The minimum Gasteiger partial charge on any atom is -0.493 e. The van der Waals surface area contributed by atoms with Crippen LogP contribution in [0.3, 0.4) is 0 Å². The SMILES string of the molecule is COc1cc(C[NH+](C)[C@@H](C)C(=O)c2c(C)[nH]c3ccccc23)ccc1OC(F)F. The van der Waals surface area contributed by atoms with Crippen molar-refractivity contribution >= 4 is 16.7 Å². The molecule has 1 heterocycles. The van der Waals surface area contributed by atoms with Gasteiger partial charge in [-0.05, 0) is 38.1 Å². The van der Waals surface area contributed by atoms with Crippen LogP contribution in [0.1, 0.15) is 28.5 Å². The quantitative estimate of drug-likeness (QED) is 0.567. The number of halogens is 2. The number of ether oxygens (including phenoxy) is 2. The third kappa shape index (κ3) is 4.40. The van der Waals surface area contributed by atoms with Gasteiger partial charge >= 0.3 is 6.61 Å². The fourth-order valence-electron chi connectivity index (χ4n) is 3.52. The minimum absolute atomic E-state index is 0.0116. The van der Waals surface area contributed by atoms with Crippen LogP contribution in [0.2, 0.25) is 0 Å². The van der Waals surface area contributed by atoms with E-state index in [9.17, 15) is 13.6 Å². The molecule has 0 amide bonds. The highest BCUT2D eigenvalue weighted by Crippen LogP contribution is 2.29. The molecule has 0 aliphatic rings. The van der Waals surface area contributed by atoms with Crippen LogP contribution in [0.4, 0.5) is 8.78 Å². The lowest BCUT2D eigenvalue weighted by Gasteiger charge is -2.21. The van der Waals surface area contributed by atoms with Gasteiger partial charge < -0.3 is 19.4 Å². The third-order valence-corrected chi connectivity index (χ3v) is 5.20. The molecule has 2 atom stereocenters. The van der Waals surface area contributed by atoms with Crippen molar-refractivity contribution in [2.24, 2.45) is 0 Å². The van der Waals surface area contributed by atoms with Gasteiger partial charge in [-0.25, -0.2) is 0 Å². The van der Waals surface area contributed by atoms with E-state index in [1.165, 1.54) is 13.2 Å². The Kier molecular flexibility index (Phi) is 6.17. The van der Waals surface area contributed by atoms with E-state index in [-0.39, 0.29) is 23.3 Å². The second-order valence-corrected chi connectivity index (χ2v) is 7.14. The number of fused-ring (bicyclic) bond motifs is 1. The lowest BCUT2D eigenvalue weighted by Crippen LogP contribution is -3.12. The summed E-state index contributed by atoms with van der Waals surface area (Å²) in [7, 11) is 3.34. The molecule has 3 rings (SSSR count). The molecule has 0 fully saturated rings. The van der Waals surface area contributed by atoms with E-state index in [2.05, 4.69) is 9.72 Å². The van der Waals surface area contributed by atoms with Crippen molar-refractivity contribution in [1.82, 2.24) is 4.98 Å². The molecule has 2 N–H and O–H groups in total. The first kappa shape index (κ1) is 20.8. The van der Waals surface area contributed by atoms with Gasteiger partial charge in [-0.2, -0.15) is 8.78 Å². The lowest BCUT2D eigenvalue weighted by atomic mass is 10.0. The summed E-state index contributed by atoms with van der Waals surface area (Å²) < 4.78 is 34.6. The van der Waals surface area contributed by atoms with E-state index >= 15 is 0 Å². The predicted molar refractivity (Wildman–Crippen MR) is 107 cm³/mol. The zero-order valence-corrected chi connectivity index (χ0v) is 16.9. The molecule has 3 aromatic rings. The Balaban J connectivity index is 1.79. The first-order valence-electron chi connectivity index (χ1n) is 9.37. The highest BCUT2D eigenvalue weighted by atomic mass is 19.3. The van der Waals surface area contributed by atoms with Crippen LogP contribution in [0.15, 0.2) is 42.5 Å². The third-order valence-electron chi connectivity index (χ3n) is 5.20. The summed E-state index contributed by atoms with van der Waals surface area (Å²) in [6.07, 6.45) is 0. The molecule has 5 nitrogen and oxygen atoms in total. The Morgan fingerprint density at radius 3 is 2.59 bits per heavy atom. The van der Waals surface area contributed by atoms with Crippen molar-refractivity contribution in [3.8, 4) is 11.5 Å². The number of benzene rings is 2. The van der Waals surface area contributed by atoms with Crippen LogP contribution in [0.25, 0.3) is 10.9 Å². The first-order chi connectivity index (χ1) is 13.8. The van der Waals surface area contributed by atoms with E-state index in [0.29, 0.717) is 12.1 Å². The fourth-order valence-corrected chi connectivity index (χ4v) is 3.52. The standard InChI is InChI=1S/C22H24F2N2O3/c1-13-20(16-7-5-6-8-17(16)25-13)21(27)14(2)26(3)12-15-9-10-18(29-22(23)24)19(11-15)28-4/h5-11,14,22,25H,12H2,1-4H3/p+1/t14-/m0/s1. The molecule has 0 aliphatic carbocycles. The van der Waals surface area contributed by atoms with Gasteiger partial charge in [-0.1, -0.05) is 18.2 Å². The Morgan fingerprint density at radius 1 is 1.17 bits per heavy atom. The number of quaternary nitrogens is 1. The number of aromatic nitrogens is 1. The number of alkyl halides is 2. The molecule has 0 bridgehead atoms.